The first-order valence-corrected chi connectivity index (χ1v) is 8.15. The lowest BCUT2D eigenvalue weighted by molar-refractivity contribution is -0.125. The molecule has 0 N–H and O–H groups in total. The van der Waals surface area contributed by atoms with Crippen LogP contribution in [0.5, 0.6) is 0 Å². The first-order chi connectivity index (χ1) is 12.1. The summed E-state index contributed by atoms with van der Waals surface area (Å²) in [4.78, 5) is 27.9. The van der Waals surface area contributed by atoms with Crippen LogP contribution in [0.1, 0.15) is 28.4 Å². The van der Waals surface area contributed by atoms with Crippen molar-refractivity contribution >= 4 is 30.4 Å². The van der Waals surface area contributed by atoms with Gasteiger partial charge in [-0.25, -0.2) is 9.10 Å². The standard InChI is InChI=1S/C18H19FN2O3S/c1-4-6-7-10-20-13-21(25-19)17(22)12-16-11-15(18(23)24-3)9-8-14(16)5-2/h1,6-11H,5,12-13H2,2-3H3/b7-6-,20-10-. The molecule has 0 spiro atoms. The van der Waals surface area contributed by atoms with E-state index in [0.717, 1.165) is 9.87 Å². The van der Waals surface area contributed by atoms with Gasteiger partial charge in [-0.1, -0.05) is 18.9 Å². The van der Waals surface area contributed by atoms with Crippen LogP contribution in [-0.4, -0.2) is 36.2 Å². The van der Waals surface area contributed by atoms with E-state index in [1.165, 1.54) is 25.5 Å². The average molecular weight is 362 g/mol. The van der Waals surface area contributed by atoms with Crippen LogP contribution in [0, 0.1) is 12.3 Å². The third-order valence-electron chi connectivity index (χ3n) is 3.31. The molecule has 0 unspecified atom stereocenters. The third kappa shape index (κ3) is 6.43. The second-order valence-electron chi connectivity index (χ2n) is 4.85. The zero-order chi connectivity index (χ0) is 18.7. The van der Waals surface area contributed by atoms with Crippen LogP contribution >= 0.6 is 12.3 Å². The first-order valence-electron chi connectivity index (χ1n) is 7.47. The summed E-state index contributed by atoms with van der Waals surface area (Å²) in [6.45, 7) is 1.79. The highest BCUT2D eigenvalue weighted by Crippen LogP contribution is 2.18. The molecule has 0 aliphatic rings. The summed E-state index contributed by atoms with van der Waals surface area (Å²) in [6, 6.07) is 5.01. The Labute approximate surface area is 151 Å². The molecule has 0 fully saturated rings. The summed E-state index contributed by atoms with van der Waals surface area (Å²) >= 11 is -0.196. The van der Waals surface area contributed by atoms with Gasteiger partial charge in [0.15, 0.2) is 12.3 Å². The lowest BCUT2D eigenvalue weighted by Crippen LogP contribution is -2.25. The number of amides is 1. The second kappa shape index (κ2) is 11.0. The van der Waals surface area contributed by atoms with E-state index in [1.807, 2.05) is 6.92 Å². The maximum Gasteiger partial charge on any atom is 0.337 e. The summed E-state index contributed by atoms with van der Waals surface area (Å²) in [6.07, 6.45) is 10.0. The van der Waals surface area contributed by atoms with Crippen molar-refractivity contribution in [3.8, 4) is 12.3 Å². The largest absolute Gasteiger partial charge is 0.465 e. The van der Waals surface area contributed by atoms with E-state index < -0.39 is 11.9 Å². The van der Waals surface area contributed by atoms with Gasteiger partial charge in [-0.05, 0) is 41.8 Å². The monoisotopic (exact) mass is 362 g/mol. The quantitative estimate of drug-likeness (QED) is 0.308. The molecule has 0 bridgehead atoms. The Morgan fingerprint density at radius 2 is 2.20 bits per heavy atom. The van der Waals surface area contributed by atoms with Crippen LogP contribution < -0.4 is 0 Å². The number of aliphatic imine (C=N–C) groups is 1. The fourth-order valence-electron chi connectivity index (χ4n) is 2.05. The summed E-state index contributed by atoms with van der Waals surface area (Å²) in [5.74, 6) is 1.34. The number of aryl methyl sites for hydroxylation is 1. The number of esters is 1. The molecule has 0 aliphatic carbocycles. The minimum Gasteiger partial charge on any atom is -0.465 e. The molecule has 1 aromatic rings. The number of halogens is 1. The number of benzene rings is 1. The highest BCUT2D eigenvalue weighted by Gasteiger charge is 2.17. The van der Waals surface area contributed by atoms with E-state index in [2.05, 4.69) is 15.6 Å². The van der Waals surface area contributed by atoms with Gasteiger partial charge < -0.3 is 4.74 Å². The number of hydrogen-bond acceptors (Lipinski definition) is 5. The summed E-state index contributed by atoms with van der Waals surface area (Å²) in [5, 5.41) is 0. The van der Waals surface area contributed by atoms with Crippen molar-refractivity contribution in [3.63, 3.8) is 0 Å². The molecule has 1 aromatic carbocycles. The Balaban J connectivity index is 2.89. The van der Waals surface area contributed by atoms with E-state index in [4.69, 9.17) is 6.42 Å². The van der Waals surface area contributed by atoms with Crippen molar-refractivity contribution in [2.45, 2.75) is 19.8 Å². The molecule has 7 heteroatoms. The van der Waals surface area contributed by atoms with Crippen LogP contribution in [-0.2, 0) is 22.4 Å². The number of rotatable bonds is 8. The van der Waals surface area contributed by atoms with E-state index in [0.29, 0.717) is 17.5 Å². The van der Waals surface area contributed by atoms with Gasteiger partial charge in [0, 0.05) is 6.21 Å². The molecule has 0 heterocycles. The zero-order valence-electron chi connectivity index (χ0n) is 14.1. The van der Waals surface area contributed by atoms with Gasteiger partial charge in [0.25, 0.3) is 0 Å². The van der Waals surface area contributed by atoms with E-state index in [9.17, 15) is 13.5 Å². The van der Waals surface area contributed by atoms with E-state index in [1.54, 1.807) is 18.2 Å². The molecule has 0 saturated heterocycles. The van der Waals surface area contributed by atoms with Crippen molar-refractivity contribution in [3.05, 3.63) is 47.0 Å². The number of hydrogen-bond donors (Lipinski definition) is 0. The maximum atomic E-state index is 13.1. The van der Waals surface area contributed by atoms with E-state index in [-0.39, 0.29) is 25.4 Å². The Kier molecular flexibility index (Phi) is 9.04. The number of nitrogens with zero attached hydrogens (tertiary/aromatic N) is 2. The first kappa shape index (κ1) is 20.5. The lowest BCUT2D eigenvalue weighted by atomic mass is 9.99. The summed E-state index contributed by atoms with van der Waals surface area (Å²) < 4.78 is 18.6. The molecule has 1 amide bonds. The number of ether oxygens (including phenoxy) is 1. The predicted octanol–water partition coefficient (Wildman–Crippen LogP) is 3.16. The number of carbonyl (C=O) groups is 2. The predicted molar refractivity (Wildman–Crippen MR) is 97.7 cm³/mol. The van der Waals surface area contributed by atoms with Crippen molar-refractivity contribution in [1.29, 1.82) is 0 Å². The topological polar surface area (TPSA) is 59.0 Å². The highest BCUT2D eigenvalue weighted by molar-refractivity contribution is 7.92. The minimum atomic E-state index is -0.488. The molecule has 25 heavy (non-hydrogen) atoms. The van der Waals surface area contributed by atoms with Crippen molar-refractivity contribution in [2.24, 2.45) is 4.99 Å². The molecule has 0 radical (unpaired) electrons. The van der Waals surface area contributed by atoms with Crippen LogP contribution in [0.4, 0.5) is 3.89 Å². The van der Waals surface area contributed by atoms with Gasteiger partial charge in [0.05, 0.1) is 19.1 Å². The summed E-state index contributed by atoms with van der Waals surface area (Å²) in [5.41, 5.74) is 1.91. The van der Waals surface area contributed by atoms with Gasteiger partial charge in [0.2, 0.25) is 5.91 Å². The molecule has 0 saturated carbocycles. The Morgan fingerprint density at radius 1 is 1.44 bits per heavy atom. The summed E-state index contributed by atoms with van der Waals surface area (Å²) in [7, 11) is 1.29. The van der Waals surface area contributed by atoms with Crippen LogP contribution in [0.2, 0.25) is 0 Å². The second-order valence-corrected chi connectivity index (χ2v) is 5.42. The number of methoxy groups -OCH3 is 1. The van der Waals surface area contributed by atoms with Gasteiger partial charge >= 0.3 is 5.97 Å². The smallest absolute Gasteiger partial charge is 0.337 e. The maximum absolute atomic E-state index is 13.1. The SMILES string of the molecule is C#C/C=C\C=N/CN(SF)C(=O)Cc1cc(C(=O)OC)ccc1CC. The van der Waals surface area contributed by atoms with Crippen molar-refractivity contribution in [2.75, 3.05) is 13.8 Å². The number of carbonyl (C=O) groups excluding carboxylic acids is 2. The number of terminal acetylenes is 1. The van der Waals surface area contributed by atoms with Crippen molar-refractivity contribution in [1.82, 2.24) is 4.31 Å². The Hall–Kier alpha value is -2.59. The van der Waals surface area contributed by atoms with Gasteiger partial charge in [-0.3, -0.25) is 9.79 Å². The number of allylic oxidation sites excluding steroid dienone is 2. The molecule has 1 rings (SSSR count). The lowest BCUT2D eigenvalue weighted by Gasteiger charge is -2.16. The Morgan fingerprint density at radius 3 is 2.80 bits per heavy atom. The Bertz CT molecular complexity index is 711. The highest BCUT2D eigenvalue weighted by atomic mass is 32.2. The van der Waals surface area contributed by atoms with E-state index >= 15 is 0 Å². The minimum absolute atomic E-state index is 0.0410. The van der Waals surface area contributed by atoms with Crippen molar-refractivity contribution < 1.29 is 18.2 Å². The fourth-order valence-corrected chi connectivity index (χ4v) is 2.30. The molecular weight excluding hydrogens is 343 g/mol. The van der Waals surface area contributed by atoms with Crippen LogP contribution in [0.25, 0.3) is 0 Å². The van der Waals surface area contributed by atoms with Gasteiger partial charge in [0.1, 0.15) is 6.67 Å². The molecular formula is C18H19FN2O3S. The molecule has 0 atom stereocenters. The average Bonchev–Trinajstić information content (AvgIpc) is 2.63. The molecule has 0 aromatic heterocycles. The van der Waals surface area contributed by atoms with Crippen LogP contribution in [0.15, 0.2) is 35.3 Å². The molecule has 5 nitrogen and oxygen atoms in total. The third-order valence-corrected chi connectivity index (χ3v) is 3.79. The van der Waals surface area contributed by atoms with Crippen LogP contribution in [0.3, 0.4) is 0 Å². The van der Waals surface area contributed by atoms with Gasteiger partial charge in [-0.15, -0.1) is 10.3 Å². The van der Waals surface area contributed by atoms with Gasteiger partial charge in [-0.2, -0.15) is 0 Å². The molecule has 0 aliphatic heterocycles. The normalized spacial score (nSPS) is 10.8. The fraction of sp³-hybridized carbons (Fsp3) is 0.278. The zero-order valence-corrected chi connectivity index (χ0v) is 14.9. The molecule has 132 valence electrons.